The van der Waals surface area contributed by atoms with E-state index in [4.69, 9.17) is 5.73 Å². The minimum Gasteiger partial charge on any atom is -0.479 e. The predicted octanol–water partition coefficient (Wildman–Crippen LogP) is 1.69. The summed E-state index contributed by atoms with van der Waals surface area (Å²) < 4.78 is 0. The summed E-state index contributed by atoms with van der Waals surface area (Å²) in [5, 5.41) is 13.5. The maximum absolute atomic E-state index is 12.0. The van der Waals surface area contributed by atoms with Crippen molar-refractivity contribution in [3.05, 3.63) is 58.3 Å². The number of carboxylic acids is 1. The van der Waals surface area contributed by atoms with Gasteiger partial charge in [-0.3, -0.25) is 4.79 Å². The lowest BCUT2D eigenvalue weighted by Gasteiger charge is -2.17. The first-order valence-electron chi connectivity index (χ1n) is 5.96. The molecule has 1 heterocycles. The maximum Gasteiger partial charge on any atom is 0.330 e. The Labute approximate surface area is 120 Å². The molecule has 0 aliphatic heterocycles. The fraction of sp³-hybridized carbons (Fsp3) is 0.143. The predicted molar refractivity (Wildman–Crippen MR) is 76.2 cm³/mol. The zero-order chi connectivity index (χ0) is 14.5. The first-order chi connectivity index (χ1) is 9.59. The second-order valence-electron chi connectivity index (χ2n) is 4.18. The van der Waals surface area contributed by atoms with Crippen LogP contribution in [0, 0.1) is 0 Å². The highest BCUT2D eigenvalue weighted by Gasteiger charge is 2.25. The van der Waals surface area contributed by atoms with Crippen LogP contribution in [0.5, 0.6) is 0 Å². The summed E-state index contributed by atoms with van der Waals surface area (Å²) in [5.41, 5.74) is 6.32. The molecule has 1 aromatic heterocycles. The largest absolute Gasteiger partial charge is 0.479 e. The van der Waals surface area contributed by atoms with Gasteiger partial charge in [0, 0.05) is 4.88 Å². The number of nitrogens with two attached hydrogens (primary N) is 1. The van der Waals surface area contributed by atoms with Crippen molar-refractivity contribution >= 4 is 23.2 Å². The molecular formula is C14H14N2O3S. The molecule has 2 aromatic rings. The molecule has 2 rings (SSSR count). The van der Waals surface area contributed by atoms with Crippen LogP contribution in [0.1, 0.15) is 22.5 Å². The summed E-state index contributed by atoms with van der Waals surface area (Å²) in [6.45, 7) is 0. The number of nitrogens with one attached hydrogen (secondary N) is 1. The van der Waals surface area contributed by atoms with Crippen LogP contribution in [0.2, 0.25) is 0 Å². The van der Waals surface area contributed by atoms with E-state index in [1.54, 1.807) is 42.5 Å². The van der Waals surface area contributed by atoms with Crippen molar-refractivity contribution in [1.29, 1.82) is 0 Å². The third-order valence-electron chi connectivity index (χ3n) is 2.80. The van der Waals surface area contributed by atoms with Gasteiger partial charge in [-0.25, -0.2) is 4.79 Å². The van der Waals surface area contributed by atoms with Crippen molar-refractivity contribution in [1.82, 2.24) is 5.32 Å². The number of hydrogen-bond donors (Lipinski definition) is 3. The van der Waals surface area contributed by atoms with Gasteiger partial charge in [0.05, 0.1) is 0 Å². The number of hydrogen-bond acceptors (Lipinski definition) is 4. The average molecular weight is 290 g/mol. The van der Waals surface area contributed by atoms with Gasteiger partial charge < -0.3 is 16.2 Å². The molecule has 0 bridgehead atoms. The average Bonchev–Trinajstić information content (AvgIpc) is 2.98. The van der Waals surface area contributed by atoms with Gasteiger partial charge in [-0.05, 0) is 17.0 Å². The lowest BCUT2D eigenvalue weighted by Crippen LogP contribution is -2.39. The van der Waals surface area contributed by atoms with E-state index in [2.05, 4.69) is 5.32 Å². The molecule has 0 saturated carbocycles. The Morgan fingerprint density at radius 2 is 1.85 bits per heavy atom. The molecule has 0 aliphatic carbocycles. The number of benzene rings is 1. The molecule has 0 radical (unpaired) electrons. The lowest BCUT2D eigenvalue weighted by atomic mass is 10.1. The first kappa shape index (κ1) is 14.2. The van der Waals surface area contributed by atoms with Gasteiger partial charge in [-0.1, -0.05) is 36.4 Å². The monoisotopic (exact) mass is 290 g/mol. The van der Waals surface area contributed by atoms with Crippen LogP contribution >= 0.6 is 11.3 Å². The Hall–Kier alpha value is -2.18. The zero-order valence-corrected chi connectivity index (χ0v) is 11.3. The molecule has 4 N–H and O–H groups in total. The summed E-state index contributed by atoms with van der Waals surface area (Å²) in [5.74, 6) is -1.63. The van der Waals surface area contributed by atoms with Crippen molar-refractivity contribution in [2.24, 2.45) is 5.73 Å². The van der Waals surface area contributed by atoms with E-state index in [0.717, 1.165) is 0 Å². The third kappa shape index (κ3) is 3.23. The van der Waals surface area contributed by atoms with E-state index in [9.17, 15) is 14.7 Å². The summed E-state index contributed by atoms with van der Waals surface area (Å²) in [7, 11) is 0. The Kier molecular flexibility index (Phi) is 4.49. The molecule has 0 saturated heterocycles. The summed E-state index contributed by atoms with van der Waals surface area (Å²) in [6.07, 6.45) is 0. The highest BCUT2D eigenvalue weighted by molar-refractivity contribution is 7.10. The molecule has 5 nitrogen and oxygen atoms in total. The molecule has 1 amide bonds. The van der Waals surface area contributed by atoms with Gasteiger partial charge in [-0.2, -0.15) is 0 Å². The maximum atomic E-state index is 12.0. The van der Waals surface area contributed by atoms with Gasteiger partial charge in [0.1, 0.15) is 6.04 Å². The van der Waals surface area contributed by atoms with E-state index >= 15 is 0 Å². The quantitative estimate of drug-likeness (QED) is 0.781. The molecule has 1 aromatic carbocycles. The van der Waals surface area contributed by atoms with Crippen LogP contribution in [-0.4, -0.2) is 17.0 Å². The number of amides is 1. The number of aliphatic carboxylic acids is 1. The smallest absolute Gasteiger partial charge is 0.330 e. The third-order valence-corrected chi connectivity index (χ3v) is 3.75. The van der Waals surface area contributed by atoms with Crippen LogP contribution in [0.3, 0.4) is 0 Å². The molecule has 0 aliphatic rings. The van der Waals surface area contributed by atoms with Crippen LogP contribution in [0.15, 0.2) is 47.8 Å². The highest BCUT2D eigenvalue weighted by Crippen LogP contribution is 2.19. The number of rotatable bonds is 5. The minimum absolute atomic E-state index is 0.506. The molecule has 104 valence electrons. The Bertz CT molecular complexity index is 584. The van der Waals surface area contributed by atoms with Crippen molar-refractivity contribution in [3.8, 4) is 0 Å². The fourth-order valence-electron chi connectivity index (χ4n) is 1.76. The molecule has 20 heavy (non-hydrogen) atoms. The minimum atomic E-state index is -1.12. The Balaban J connectivity index is 2.13. The summed E-state index contributed by atoms with van der Waals surface area (Å²) >= 11 is 1.36. The molecule has 0 spiro atoms. The van der Waals surface area contributed by atoms with Gasteiger partial charge in [0.15, 0.2) is 6.04 Å². The SMILES string of the molecule is NC(C(=O)N[C@@H](C(=O)O)c1ccccc1)c1cccs1. The second kappa shape index (κ2) is 6.31. The number of carbonyl (C=O) groups excluding carboxylic acids is 1. The second-order valence-corrected chi connectivity index (χ2v) is 5.16. The first-order valence-corrected chi connectivity index (χ1v) is 6.84. The summed E-state index contributed by atoms with van der Waals surface area (Å²) in [6, 6.07) is 10.1. The number of carbonyl (C=O) groups is 2. The lowest BCUT2D eigenvalue weighted by molar-refractivity contribution is -0.142. The van der Waals surface area contributed by atoms with Crippen molar-refractivity contribution in [3.63, 3.8) is 0 Å². The van der Waals surface area contributed by atoms with Gasteiger partial charge in [0.25, 0.3) is 0 Å². The molecule has 6 heteroatoms. The zero-order valence-electron chi connectivity index (χ0n) is 10.5. The highest BCUT2D eigenvalue weighted by atomic mass is 32.1. The number of thiophene rings is 1. The molecule has 0 fully saturated rings. The number of carboxylic acid groups (broad SMARTS) is 1. The van der Waals surface area contributed by atoms with Crippen LogP contribution in [0.25, 0.3) is 0 Å². The summed E-state index contributed by atoms with van der Waals surface area (Å²) in [4.78, 5) is 24.0. The normalized spacial score (nSPS) is 13.4. The van der Waals surface area contributed by atoms with Crippen molar-refractivity contribution in [2.75, 3.05) is 0 Å². The van der Waals surface area contributed by atoms with Crippen molar-refractivity contribution < 1.29 is 14.7 Å². The van der Waals surface area contributed by atoms with E-state index in [1.807, 2.05) is 5.38 Å². The molecule has 1 unspecified atom stereocenters. The van der Waals surface area contributed by atoms with Gasteiger partial charge in [0.2, 0.25) is 5.91 Å². The van der Waals surface area contributed by atoms with E-state index < -0.39 is 24.0 Å². The molecular weight excluding hydrogens is 276 g/mol. The van der Waals surface area contributed by atoms with Gasteiger partial charge >= 0.3 is 5.97 Å². The van der Waals surface area contributed by atoms with Crippen LogP contribution in [-0.2, 0) is 9.59 Å². The Morgan fingerprint density at radius 1 is 1.15 bits per heavy atom. The van der Waals surface area contributed by atoms with Gasteiger partial charge in [-0.15, -0.1) is 11.3 Å². The van der Waals surface area contributed by atoms with Crippen LogP contribution in [0.4, 0.5) is 0 Å². The van der Waals surface area contributed by atoms with E-state index in [0.29, 0.717) is 10.4 Å². The standard InChI is InChI=1S/C14H14N2O3S/c15-11(10-7-4-8-20-10)13(17)16-12(14(18)19)9-5-2-1-3-6-9/h1-8,11-12H,15H2,(H,16,17)(H,18,19)/t11?,12-/m1/s1. The Morgan fingerprint density at radius 3 is 2.40 bits per heavy atom. The van der Waals surface area contributed by atoms with Crippen LogP contribution < -0.4 is 11.1 Å². The topological polar surface area (TPSA) is 92.4 Å². The van der Waals surface area contributed by atoms with E-state index in [1.165, 1.54) is 11.3 Å². The van der Waals surface area contributed by atoms with Crippen molar-refractivity contribution in [2.45, 2.75) is 12.1 Å². The fourth-order valence-corrected chi connectivity index (χ4v) is 2.49. The van der Waals surface area contributed by atoms with E-state index in [-0.39, 0.29) is 0 Å². The molecule has 2 atom stereocenters.